The van der Waals surface area contributed by atoms with E-state index in [9.17, 15) is 13.0 Å². The fraction of sp³-hybridized carbons (Fsp3) is 0. The molecule has 27 heavy (non-hydrogen) atoms. The molecule has 0 bridgehead atoms. The number of hydrogen-bond acceptors (Lipinski definition) is 5. The van der Waals surface area contributed by atoms with Crippen LogP contribution in [0.4, 0.5) is 11.4 Å². The first-order valence-electron chi connectivity index (χ1n) is 7.90. The number of azo groups is 1. The Morgan fingerprint density at radius 2 is 1.41 bits per heavy atom. The van der Waals surface area contributed by atoms with Crippen molar-refractivity contribution in [2.45, 2.75) is 4.90 Å². The van der Waals surface area contributed by atoms with E-state index < -0.39 is 10.1 Å². The summed E-state index contributed by atoms with van der Waals surface area (Å²) in [5.41, 5.74) is 1.42. The molecule has 0 aliphatic rings. The average molecular weight is 384 g/mol. The van der Waals surface area contributed by atoms with Gasteiger partial charge in [-0.05, 0) is 46.5 Å². The van der Waals surface area contributed by atoms with Crippen molar-refractivity contribution in [3.63, 3.8) is 0 Å². The van der Waals surface area contributed by atoms with Gasteiger partial charge in [-0.15, -0.1) is 5.11 Å². The predicted octanol–water partition coefficient (Wildman–Crippen LogP) is 2.32. The monoisotopic (exact) mass is 384 g/mol. The Morgan fingerprint density at radius 1 is 0.704 bits per heavy atom. The largest absolute Gasteiger partial charge is 1.00 e. The zero-order valence-electron chi connectivity index (χ0n) is 14.5. The summed E-state index contributed by atoms with van der Waals surface area (Å²) in [6.07, 6.45) is 0. The van der Waals surface area contributed by atoms with Gasteiger partial charge in [-0.2, -0.15) is 5.11 Å². The number of hydrogen-bond donors (Lipinski definition) is 0. The van der Waals surface area contributed by atoms with Gasteiger partial charge in [0.05, 0.1) is 16.3 Å². The van der Waals surface area contributed by atoms with Gasteiger partial charge in [0, 0.05) is 5.39 Å². The molecule has 0 N–H and O–H groups in total. The summed E-state index contributed by atoms with van der Waals surface area (Å²) in [7, 11) is -4.46. The van der Waals surface area contributed by atoms with E-state index in [4.69, 9.17) is 0 Å². The van der Waals surface area contributed by atoms with Crippen LogP contribution in [0.5, 0.6) is 0 Å². The standard InChI is InChI=1S/C20H14N2O3S.Na/c23-26(24,25)18-11-9-15-12-17(10-8-16(15)13-18)21-22-20-7-3-5-14-4-1-2-6-19(14)20;/h1-13H,(H,23,24,25);/q;+1/p-1. The summed E-state index contributed by atoms with van der Waals surface area (Å²) in [5, 5.41) is 12.2. The minimum absolute atomic E-state index is 0. The van der Waals surface area contributed by atoms with Crippen molar-refractivity contribution in [3.05, 3.63) is 78.9 Å². The number of rotatable bonds is 3. The molecule has 0 saturated heterocycles. The maximum atomic E-state index is 11.1. The molecule has 0 fully saturated rings. The van der Waals surface area contributed by atoms with E-state index in [1.165, 1.54) is 12.1 Å². The molecule has 0 amide bonds. The van der Waals surface area contributed by atoms with Gasteiger partial charge in [-0.25, -0.2) is 8.42 Å². The van der Waals surface area contributed by atoms with Gasteiger partial charge in [0.1, 0.15) is 10.1 Å². The summed E-state index contributed by atoms with van der Waals surface area (Å²) < 4.78 is 33.4. The summed E-state index contributed by atoms with van der Waals surface area (Å²) in [6.45, 7) is 0. The first-order chi connectivity index (χ1) is 12.5. The molecule has 4 aromatic carbocycles. The molecule has 128 valence electrons. The Hall–Kier alpha value is -2.09. The average Bonchev–Trinajstić information content (AvgIpc) is 2.65. The molecule has 0 unspecified atom stereocenters. The minimum atomic E-state index is -4.46. The van der Waals surface area contributed by atoms with E-state index in [-0.39, 0.29) is 34.5 Å². The van der Waals surface area contributed by atoms with Crippen LogP contribution < -0.4 is 29.6 Å². The minimum Gasteiger partial charge on any atom is -0.744 e. The third-order valence-electron chi connectivity index (χ3n) is 4.12. The van der Waals surface area contributed by atoms with E-state index in [1.54, 1.807) is 24.3 Å². The third-order valence-corrected chi connectivity index (χ3v) is 4.96. The fourth-order valence-corrected chi connectivity index (χ4v) is 3.34. The van der Waals surface area contributed by atoms with Crippen LogP contribution in [0.3, 0.4) is 0 Å². The zero-order valence-corrected chi connectivity index (χ0v) is 17.3. The van der Waals surface area contributed by atoms with Crippen molar-refractivity contribution in [1.82, 2.24) is 0 Å². The molecule has 0 aliphatic carbocycles. The van der Waals surface area contributed by atoms with Crippen molar-refractivity contribution in [1.29, 1.82) is 0 Å². The smallest absolute Gasteiger partial charge is 0.744 e. The van der Waals surface area contributed by atoms with Crippen LogP contribution in [0.2, 0.25) is 0 Å². The molecule has 4 aromatic rings. The van der Waals surface area contributed by atoms with Crippen molar-refractivity contribution in [3.8, 4) is 0 Å². The van der Waals surface area contributed by atoms with Gasteiger partial charge >= 0.3 is 29.6 Å². The normalized spacial score (nSPS) is 11.7. The molecule has 0 atom stereocenters. The van der Waals surface area contributed by atoms with Gasteiger partial charge in [-0.1, -0.05) is 48.5 Å². The molecule has 0 aromatic heterocycles. The van der Waals surface area contributed by atoms with Crippen molar-refractivity contribution >= 4 is 43.0 Å². The van der Waals surface area contributed by atoms with E-state index in [0.717, 1.165) is 21.8 Å². The van der Waals surface area contributed by atoms with E-state index in [0.29, 0.717) is 11.1 Å². The SMILES string of the molecule is O=S(=O)([O-])c1ccc2cc(N=Nc3cccc4ccccc34)ccc2c1.[Na+]. The summed E-state index contributed by atoms with van der Waals surface area (Å²) in [5.74, 6) is 0. The van der Waals surface area contributed by atoms with E-state index in [2.05, 4.69) is 10.2 Å². The molecule has 5 nitrogen and oxygen atoms in total. The Bertz CT molecular complexity index is 1270. The number of nitrogens with zero attached hydrogens (tertiary/aromatic N) is 2. The van der Waals surface area contributed by atoms with E-state index >= 15 is 0 Å². The van der Waals surface area contributed by atoms with Crippen LogP contribution in [0.15, 0.2) is 94.0 Å². The Morgan fingerprint density at radius 3 is 2.22 bits per heavy atom. The molecule has 0 spiro atoms. The van der Waals surface area contributed by atoms with Gasteiger partial charge in [0.25, 0.3) is 0 Å². The second-order valence-electron chi connectivity index (χ2n) is 5.85. The zero-order chi connectivity index (χ0) is 18.1. The first-order valence-corrected chi connectivity index (χ1v) is 9.31. The predicted molar refractivity (Wildman–Crippen MR) is 100 cm³/mol. The topological polar surface area (TPSA) is 81.9 Å². The van der Waals surface area contributed by atoms with Crippen LogP contribution in [0.1, 0.15) is 0 Å². The van der Waals surface area contributed by atoms with Crippen molar-refractivity contribution in [2.24, 2.45) is 10.2 Å². The fourth-order valence-electron chi connectivity index (χ4n) is 2.84. The van der Waals surface area contributed by atoms with Gasteiger partial charge in [-0.3, -0.25) is 0 Å². The molecule has 0 radical (unpaired) electrons. The third kappa shape index (κ3) is 4.26. The number of fused-ring (bicyclic) bond motifs is 2. The van der Waals surface area contributed by atoms with Crippen LogP contribution >= 0.6 is 0 Å². The van der Waals surface area contributed by atoms with Crippen LogP contribution in [0, 0.1) is 0 Å². The molecule has 0 heterocycles. The molecule has 7 heteroatoms. The Labute approximate surface area is 178 Å². The van der Waals surface area contributed by atoms with Gasteiger partial charge < -0.3 is 4.55 Å². The summed E-state index contributed by atoms with van der Waals surface area (Å²) >= 11 is 0. The van der Waals surface area contributed by atoms with Crippen molar-refractivity contribution in [2.75, 3.05) is 0 Å². The molecule has 4 rings (SSSR count). The molecule has 0 aliphatic heterocycles. The molecular weight excluding hydrogens is 371 g/mol. The second-order valence-corrected chi connectivity index (χ2v) is 7.23. The number of benzene rings is 4. The van der Waals surface area contributed by atoms with E-state index in [1.807, 2.05) is 42.5 Å². The Balaban J connectivity index is 0.00000210. The molecular formula is C20H13N2NaO3S. The Kier molecular flexibility index (Phi) is 5.74. The van der Waals surface area contributed by atoms with Crippen molar-refractivity contribution < 1.29 is 42.5 Å². The van der Waals surface area contributed by atoms with Crippen LogP contribution in [-0.2, 0) is 10.1 Å². The molecule has 0 saturated carbocycles. The first kappa shape index (κ1) is 19.7. The van der Waals surface area contributed by atoms with Crippen LogP contribution in [-0.4, -0.2) is 13.0 Å². The quantitative estimate of drug-likeness (QED) is 0.309. The maximum Gasteiger partial charge on any atom is 1.00 e. The maximum absolute atomic E-state index is 11.1. The second kappa shape index (κ2) is 7.88. The summed E-state index contributed by atoms with van der Waals surface area (Å²) in [6, 6.07) is 23.3. The van der Waals surface area contributed by atoms with Crippen LogP contribution in [0.25, 0.3) is 21.5 Å². The van der Waals surface area contributed by atoms with Gasteiger partial charge in [0.2, 0.25) is 0 Å². The summed E-state index contributed by atoms with van der Waals surface area (Å²) in [4.78, 5) is -0.241. The van der Waals surface area contributed by atoms with Gasteiger partial charge in [0.15, 0.2) is 0 Å².